The lowest BCUT2D eigenvalue weighted by atomic mass is 10.1. The molecule has 0 bridgehead atoms. The molecule has 4 heteroatoms. The van der Waals surface area contributed by atoms with Crippen LogP contribution in [0.3, 0.4) is 0 Å². The Bertz CT molecular complexity index is 439. The third kappa shape index (κ3) is 1.59. The summed E-state index contributed by atoms with van der Waals surface area (Å²) in [6, 6.07) is 6.55. The molecule has 0 aliphatic carbocycles. The molecule has 1 aromatic carbocycles. The summed E-state index contributed by atoms with van der Waals surface area (Å²) in [5.41, 5.74) is 6.78. The lowest BCUT2D eigenvalue weighted by Crippen LogP contribution is -1.94. The maximum atomic E-state index is 13.2. The number of nitrogens with zero attached hydrogens (tertiary/aromatic N) is 1. The molecule has 0 unspecified atom stereocenters. The van der Waals surface area contributed by atoms with Gasteiger partial charge in [0.2, 0.25) is 5.88 Å². The molecule has 2 N–H and O–H groups in total. The predicted octanol–water partition coefficient (Wildman–Crippen LogP) is 1.99. The molecule has 1 aromatic heterocycles. The van der Waals surface area contributed by atoms with Crippen molar-refractivity contribution >= 4 is 5.88 Å². The highest BCUT2D eigenvalue weighted by Crippen LogP contribution is 2.17. The molecule has 0 atom stereocenters. The molecule has 0 saturated heterocycles. The molecule has 72 valence electrons. The SMILES string of the molecule is Nc1oncc1Cc1ccccc1F. The Labute approximate surface area is 80.3 Å². The van der Waals surface area contributed by atoms with E-state index < -0.39 is 0 Å². The monoisotopic (exact) mass is 192 g/mol. The van der Waals surface area contributed by atoms with Crippen LogP contribution in [0, 0.1) is 5.82 Å². The molecule has 0 fully saturated rings. The van der Waals surface area contributed by atoms with Crippen LogP contribution in [0.2, 0.25) is 0 Å². The number of anilines is 1. The van der Waals surface area contributed by atoms with Crippen molar-refractivity contribution in [2.24, 2.45) is 0 Å². The Morgan fingerprint density at radius 1 is 1.29 bits per heavy atom. The molecule has 0 amide bonds. The zero-order chi connectivity index (χ0) is 9.97. The summed E-state index contributed by atoms with van der Waals surface area (Å²) in [6.45, 7) is 0. The Kier molecular flexibility index (Phi) is 2.18. The minimum atomic E-state index is -0.242. The lowest BCUT2D eigenvalue weighted by molar-refractivity contribution is 0.436. The first kappa shape index (κ1) is 8.74. The second-order valence-corrected chi connectivity index (χ2v) is 2.98. The van der Waals surface area contributed by atoms with E-state index in [0.717, 1.165) is 0 Å². The summed E-state index contributed by atoms with van der Waals surface area (Å²) in [7, 11) is 0. The number of benzene rings is 1. The van der Waals surface area contributed by atoms with E-state index in [9.17, 15) is 4.39 Å². The summed E-state index contributed by atoms with van der Waals surface area (Å²) in [6.07, 6.45) is 1.91. The second kappa shape index (κ2) is 3.49. The number of nitrogen functional groups attached to an aromatic ring is 1. The average Bonchev–Trinajstić information content (AvgIpc) is 2.56. The first-order valence-corrected chi connectivity index (χ1v) is 4.20. The van der Waals surface area contributed by atoms with Gasteiger partial charge in [-0.15, -0.1) is 0 Å². The smallest absolute Gasteiger partial charge is 0.225 e. The highest BCUT2D eigenvalue weighted by atomic mass is 19.1. The van der Waals surface area contributed by atoms with Gasteiger partial charge in [0.1, 0.15) is 5.82 Å². The van der Waals surface area contributed by atoms with Crippen molar-refractivity contribution in [3.8, 4) is 0 Å². The van der Waals surface area contributed by atoms with Gasteiger partial charge in [0.15, 0.2) is 0 Å². The van der Waals surface area contributed by atoms with Crippen LogP contribution < -0.4 is 5.73 Å². The van der Waals surface area contributed by atoms with Crippen molar-refractivity contribution in [2.75, 3.05) is 5.73 Å². The molecule has 0 aliphatic heterocycles. The summed E-state index contributed by atoms with van der Waals surface area (Å²) in [5, 5.41) is 3.53. The largest absolute Gasteiger partial charge is 0.367 e. The Morgan fingerprint density at radius 3 is 2.71 bits per heavy atom. The van der Waals surface area contributed by atoms with E-state index in [0.29, 0.717) is 17.5 Å². The Balaban J connectivity index is 2.28. The molecule has 0 spiro atoms. The van der Waals surface area contributed by atoms with E-state index in [-0.39, 0.29) is 11.7 Å². The van der Waals surface area contributed by atoms with Crippen LogP contribution in [0.15, 0.2) is 35.0 Å². The maximum absolute atomic E-state index is 13.2. The van der Waals surface area contributed by atoms with Gasteiger partial charge in [-0.25, -0.2) is 4.39 Å². The minimum absolute atomic E-state index is 0.242. The third-order valence-electron chi connectivity index (χ3n) is 2.01. The van der Waals surface area contributed by atoms with Crippen molar-refractivity contribution < 1.29 is 8.91 Å². The van der Waals surface area contributed by atoms with Crippen LogP contribution in [0.4, 0.5) is 10.3 Å². The van der Waals surface area contributed by atoms with E-state index in [1.165, 1.54) is 12.3 Å². The molecule has 2 aromatic rings. The standard InChI is InChI=1S/C10H9FN2O/c11-9-4-2-1-3-7(9)5-8-6-13-14-10(8)12/h1-4,6H,5,12H2. The minimum Gasteiger partial charge on any atom is -0.367 e. The van der Waals surface area contributed by atoms with Gasteiger partial charge in [0.25, 0.3) is 0 Å². The first-order chi connectivity index (χ1) is 6.77. The fraction of sp³-hybridized carbons (Fsp3) is 0.100. The van der Waals surface area contributed by atoms with Gasteiger partial charge >= 0.3 is 0 Å². The Hall–Kier alpha value is -1.84. The number of rotatable bonds is 2. The van der Waals surface area contributed by atoms with Crippen LogP contribution in [-0.4, -0.2) is 5.16 Å². The molecule has 14 heavy (non-hydrogen) atoms. The molecule has 0 aliphatic rings. The lowest BCUT2D eigenvalue weighted by Gasteiger charge is -1.99. The highest BCUT2D eigenvalue weighted by molar-refractivity contribution is 5.37. The maximum Gasteiger partial charge on any atom is 0.225 e. The number of nitrogens with two attached hydrogens (primary N) is 1. The average molecular weight is 192 g/mol. The molecular weight excluding hydrogens is 183 g/mol. The van der Waals surface area contributed by atoms with Crippen LogP contribution in [0.25, 0.3) is 0 Å². The van der Waals surface area contributed by atoms with E-state index in [4.69, 9.17) is 5.73 Å². The summed E-state index contributed by atoms with van der Waals surface area (Å²) >= 11 is 0. The number of hydrogen-bond donors (Lipinski definition) is 1. The van der Waals surface area contributed by atoms with Crippen molar-refractivity contribution in [3.05, 3.63) is 47.4 Å². The number of hydrogen-bond acceptors (Lipinski definition) is 3. The summed E-state index contributed by atoms with van der Waals surface area (Å²) in [5.74, 6) is 0.00125. The van der Waals surface area contributed by atoms with Gasteiger partial charge in [-0.3, -0.25) is 0 Å². The molecule has 2 rings (SSSR count). The van der Waals surface area contributed by atoms with Crippen LogP contribution in [0.5, 0.6) is 0 Å². The van der Waals surface area contributed by atoms with Crippen LogP contribution in [0.1, 0.15) is 11.1 Å². The Morgan fingerprint density at radius 2 is 2.07 bits per heavy atom. The van der Waals surface area contributed by atoms with Crippen LogP contribution >= 0.6 is 0 Å². The van der Waals surface area contributed by atoms with Crippen molar-refractivity contribution in [2.45, 2.75) is 6.42 Å². The van der Waals surface area contributed by atoms with Gasteiger partial charge in [-0.1, -0.05) is 23.4 Å². The molecule has 0 radical (unpaired) electrons. The van der Waals surface area contributed by atoms with E-state index in [2.05, 4.69) is 9.68 Å². The fourth-order valence-electron chi connectivity index (χ4n) is 1.25. The van der Waals surface area contributed by atoms with Gasteiger partial charge in [0, 0.05) is 12.0 Å². The second-order valence-electron chi connectivity index (χ2n) is 2.98. The van der Waals surface area contributed by atoms with Gasteiger partial charge in [-0.05, 0) is 11.6 Å². The van der Waals surface area contributed by atoms with Gasteiger partial charge in [-0.2, -0.15) is 0 Å². The first-order valence-electron chi connectivity index (χ1n) is 4.20. The molecule has 1 heterocycles. The van der Waals surface area contributed by atoms with Gasteiger partial charge in [0.05, 0.1) is 6.20 Å². The number of halogens is 1. The molecular formula is C10H9FN2O. The molecule has 3 nitrogen and oxygen atoms in total. The van der Waals surface area contributed by atoms with Crippen molar-refractivity contribution in [1.82, 2.24) is 5.16 Å². The normalized spacial score (nSPS) is 10.4. The quantitative estimate of drug-likeness (QED) is 0.791. The predicted molar refractivity (Wildman–Crippen MR) is 50.1 cm³/mol. The highest BCUT2D eigenvalue weighted by Gasteiger charge is 2.07. The van der Waals surface area contributed by atoms with E-state index in [1.807, 2.05) is 0 Å². The topological polar surface area (TPSA) is 52.0 Å². The third-order valence-corrected chi connectivity index (χ3v) is 2.01. The fourth-order valence-corrected chi connectivity index (χ4v) is 1.25. The van der Waals surface area contributed by atoms with E-state index in [1.54, 1.807) is 18.2 Å². The molecule has 0 saturated carbocycles. The van der Waals surface area contributed by atoms with Crippen molar-refractivity contribution in [3.63, 3.8) is 0 Å². The van der Waals surface area contributed by atoms with Gasteiger partial charge < -0.3 is 10.3 Å². The zero-order valence-corrected chi connectivity index (χ0v) is 7.40. The summed E-state index contributed by atoms with van der Waals surface area (Å²) in [4.78, 5) is 0. The van der Waals surface area contributed by atoms with Crippen LogP contribution in [-0.2, 0) is 6.42 Å². The zero-order valence-electron chi connectivity index (χ0n) is 7.40. The van der Waals surface area contributed by atoms with Crippen molar-refractivity contribution in [1.29, 1.82) is 0 Å². The van der Waals surface area contributed by atoms with E-state index >= 15 is 0 Å². The number of aromatic nitrogens is 1. The summed E-state index contributed by atoms with van der Waals surface area (Å²) < 4.78 is 17.9.